The Morgan fingerprint density at radius 3 is 2.85 bits per heavy atom. The Morgan fingerprint density at radius 2 is 2.05 bits per heavy atom. The van der Waals surface area contributed by atoms with Crippen LogP contribution in [0.3, 0.4) is 0 Å². The largest absolute Gasteiger partial charge is 0.462 e. The van der Waals surface area contributed by atoms with Gasteiger partial charge in [-0.05, 0) is 31.4 Å². The summed E-state index contributed by atoms with van der Waals surface area (Å²) in [5, 5.41) is 0. The van der Waals surface area contributed by atoms with Crippen molar-refractivity contribution in [3.63, 3.8) is 0 Å². The molecule has 1 saturated carbocycles. The van der Waals surface area contributed by atoms with Gasteiger partial charge in [-0.25, -0.2) is 0 Å². The van der Waals surface area contributed by atoms with Crippen LogP contribution in [0.1, 0.15) is 45.4 Å². The van der Waals surface area contributed by atoms with Gasteiger partial charge in [-0.1, -0.05) is 38.3 Å². The Hall–Kier alpha value is -0.870. The molecule has 4 heteroatoms. The molecule has 3 nitrogen and oxygen atoms in total. The van der Waals surface area contributed by atoms with Gasteiger partial charge >= 0.3 is 0 Å². The molecule has 1 aromatic rings. The molecular weight excluding hydrogens is 268 g/mol. The molecule has 3 rings (SSSR count). The lowest BCUT2D eigenvalue weighted by molar-refractivity contribution is 0.0405. The van der Waals surface area contributed by atoms with Gasteiger partial charge in [-0.15, -0.1) is 0 Å². The summed E-state index contributed by atoms with van der Waals surface area (Å²) in [5.74, 6) is 0.980. The molecule has 2 aliphatic rings. The first-order valence-corrected chi connectivity index (χ1v) is 8.69. The van der Waals surface area contributed by atoms with E-state index in [1.165, 1.54) is 38.5 Å². The van der Waals surface area contributed by atoms with Crippen molar-refractivity contribution in [2.45, 2.75) is 57.1 Å². The van der Waals surface area contributed by atoms with Gasteiger partial charge in [0.1, 0.15) is 5.75 Å². The molecule has 1 N–H and O–H groups in total. The smallest absolute Gasteiger partial charge is 0.220 e. The Morgan fingerprint density at radius 1 is 1.25 bits per heavy atom. The lowest BCUT2D eigenvalue weighted by Gasteiger charge is -2.40. The Bertz CT molecular complexity index is 434. The lowest BCUT2D eigenvalue weighted by Crippen LogP contribution is -2.47. The molecule has 0 radical (unpaired) electrons. The second kappa shape index (κ2) is 6.72. The molecule has 1 aliphatic heterocycles. The van der Waals surface area contributed by atoms with Crippen molar-refractivity contribution in [1.29, 1.82) is 0 Å². The lowest BCUT2D eigenvalue weighted by atomic mass is 9.94. The molecule has 1 fully saturated rings. The van der Waals surface area contributed by atoms with E-state index in [2.05, 4.69) is 28.7 Å². The summed E-state index contributed by atoms with van der Waals surface area (Å²) in [6.07, 6.45) is 7.96. The maximum Gasteiger partial charge on any atom is 0.220 e. The maximum absolute atomic E-state index is 6.23. The van der Waals surface area contributed by atoms with E-state index in [1.807, 2.05) is 12.1 Å². The van der Waals surface area contributed by atoms with Crippen molar-refractivity contribution in [3.8, 4) is 5.75 Å². The number of ether oxygens (including phenoxy) is 1. The number of anilines is 1. The van der Waals surface area contributed by atoms with E-state index in [4.69, 9.17) is 4.74 Å². The van der Waals surface area contributed by atoms with E-state index in [9.17, 15) is 0 Å². The van der Waals surface area contributed by atoms with E-state index in [0.29, 0.717) is 6.04 Å². The van der Waals surface area contributed by atoms with Gasteiger partial charge < -0.3 is 9.46 Å². The molecule has 0 bridgehead atoms. The third-order valence-corrected chi connectivity index (χ3v) is 5.09. The van der Waals surface area contributed by atoms with E-state index >= 15 is 0 Å². The average molecular weight is 292 g/mol. The zero-order chi connectivity index (χ0) is 13.8. The highest BCUT2D eigenvalue weighted by Crippen LogP contribution is 2.37. The Kier molecular flexibility index (Phi) is 4.73. The van der Waals surface area contributed by atoms with Crippen molar-refractivity contribution >= 4 is 17.6 Å². The van der Waals surface area contributed by atoms with Crippen molar-refractivity contribution in [1.82, 2.24) is 4.90 Å². The fourth-order valence-electron chi connectivity index (χ4n) is 3.17. The van der Waals surface area contributed by atoms with Gasteiger partial charge in [0.15, 0.2) is 0 Å². The average Bonchev–Trinajstić information content (AvgIpc) is 2.53. The second-order valence-corrected chi connectivity index (χ2v) is 6.51. The van der Waals surface area contributed by atoms with Gasteiger partial charge in [-0.3, -0.25) is 4.90 Å². The van der Waals surface area contributed by atoms with Crippen LogP contribution < -0.4 is 9.46 Å². The molecule has 1 heterocycles. The monoisotopic (exact) mass is 292 g/mol. The molecular formula is C16H24N2OS. The highest BCUT2D eigenvalue weighted by Gasteiger charge is 2.31. The number of benzene rings is 1. The third-order valence-electron chi connectivity index (χ3n) is 4.18. The molecule has 0 saturated heterocycles. The van der Waals surface area contributed by atoms with Gasteiger partial charge in [0, 0.05) is 24.5 Å². The minimum Gasteiger partial charge on any atom is -0.462 e. The predicted octanol–water partition coefficient (Wildman–Crippen LogP) is 4.47. The number of hydrogen-bond donors (Lipinski definition) is 1. The van der Waals surface area contributed by atoms with Gasteiger partial charge in [-0.2, -0.15) is 0 Å². The minimum atomic E-state index is 0.105. The summed E-state index contributed by atoms with van der Waals surface area (Å²) in [5.41, 5.74) is 1.20. The number of nitrogens with zero attached hydrogens (tertiary/aromatic N) is 1. The van der Waals surface area contributed by atoms with Crippen LogP contribution in [-0.2, 0) is 0 Å². The number of rotatable bonds is 4. The topological polar surface area (TPSA) is 24.5 Å². The summed E-state index contributed by atoms with van der Waals surface area (Å²) >= 11 is 1.70. The normalized spacial score (nSPS) is 23.0. The molecule has 0 spiro atoms. The SMILES string of the molecule is CCCN(C1CCCCC1)C1Oc2ccccc2NS1. The van der Waals surface area contributed by atoms with Gasteiger partial charge in [0.2, 0.25) is 5.56 Å². The van der Waals surface area contributed by atoms with Crippen LogP contribution >= 0.6 is 11.9 Å². The zero-order valence-electron chi connectivity index (χ0n) is 12.2. The third kappa shape index (κ3) is 3.07. The van der Waals surface area contributed by atoms with E-state index in [-0.39, 0.29) is 5.56 Å². The van der Waals surface area contributed by atoms with Crippen LogP contribution in [0.15, 0.2) is 24.3 Å². The van der Waals surface area contributed by atoms with E-state index in [1.54, 1.807) is 11.9 Å². The molecule has 1 unspecified atom stereocenters. The summed E-state index contributed by atoms with van der Waals surface area (Å²) < 4.78 is 9.67. The molecule has 0 amide bonds. The Balaban J connectivity index is 1.72. The molecule has 1 aliphatic carbocycles. The minimum absolute atomic E-state index is 0.105. The summed E-state index contributed by atoms with van der Waals surface area (Å²) in [7, 11) is 0. The predicted molar refractivity (Wildman–Crippen MR) is 85.9 cm³/mol. The Labute approximate surface area is 126 Å². The first-order chi connectivity index (χ1) is 9.88. The first kappa shape index (κ1) is 14.1. The van der Waals surface area contributed by atoms with Crippen molar-refractivity contribution < 1.29 is 4.74 Å². The van der Waals surface area contributed by atoms with E-state index < -0.39 is 0 Å². The number of fused-ring (bicyclic) bond motifs is 1. The van der Waals surface area contributed by atoms with Crippen LogP contribution in [0.4, 0.5) is 5.69 Å². The summed E-state index contributed by atoms with van der Waals surface area (Å²) in [4.78, 5) is 2.56. The molecule has 1 aromatic carbocycles. The van der Waals surface area contributed by atoms with Gasteiger partial charge in [0.05, 0.1) is 5.69 Å². The zero-order valence-corrected chi connectivity index (χ0v) is 13.0. The van der Waals surface area contributed by atoms with E-state index in [0.717, 1.165) is 18.0 Å². The van der Waals surface area contributed by atoms with Crippen molar-refractivity contribution in [2.24, 2.45) is 0 Å². The van der Waals surface area contributed by atoms with Gasteiger partial charge in [0.25, 0.3) is 0 Å². The number of para-hydroxylation sites is 2. The van der Waals surface area contributed by atoms with Crippen molar-refractivity contribution in [2.75, 3.05) is 11.3 Å². The van der Waals surface area contributed by atoms with Crippen LogP contribution in [-0.4, -0.2) is 23.0 Å². The summed E-state index contributed by atoms with van der Waals surface area (Å²) in [6.45, 7) is 3.37. The van der Waals surface area contributed by atoms with Crippen LogP contribution in [0.2, 0.25) is 0 Å². The standard InChI is InChI=1S/C16H24N2OS/c1-2-12-18(13-8-4-3-5-9-13)16-19-15-11-7-6-10-14(15)17-20-16/h6-7,10-11,13,16-17H,2-5,8-9,12H2,1H3. The number of nitrogens with one attached hydrogen (secondary N) is 1. The molecule has 20 heavy (non-hydrogen) atoms. The number of hydrogen-bond acceptors (Lipinski definition) is 4. The maximum atomic E-state index is 6.23. The molecule has 1 atom stereocenters. The molecule has 0 aromatic heterocycles. The van der Waals surface area contributed by atoms with Crippen LogP contribution in [0, 0.1) is 0 Å². The highest BCUT2D eigenvalue weighted by atomic mass is 32.2. The fourth-order valence-corrected chi connectivity index (χ4v) is 4.13. The molecule has 110 valence electrons. The quantitative estimate of drug-likeness (QED) is 0.828. The fraction of sp³-hybridized carbons (Fsp3) is 0.625. The second-order valence-electron chi connectivity index (χ2n) is 5.67. The summed E-state index contributed by atoms with van der Waals surface area (Å²) in [6, 6.07) is 8.90. The first-order valence-electron chi connectivity index (χ1n) is 7.81. The highest BCUT2D eigenvalue weighted by molar-refractivity contribution is 8.01. The van der Waals surface area contributed by atoms with Crippen molar-refractivity contribution in [3.05, 3.63) is 24.3 Å². The van der Waals surface area contributed by atoms with Crippen LogP contribution in [0.25, 0.3) is 0 Å². The van der Waals surface area contributed by atoms with Crippen LogP contribution in [0.5, 0.6) is 5.75 Å².